The van der Waals surface area contributed by atoms with Crippen LogP contribution in [0.15, 0.2) is 47.5 Å². The lowest BCUT2D eigenvalue weighted by molar-refractivity contribution is 0.322. The first-order valence-corrected chi connectivity index (χ1v) is 7.52. The molecule has 23 heavy (non-hydrogen) atoms. The van der Waals surface area contributed by atoms with Gasteiger partial charge in [-0.3, -0.25) is 4.79 Å². The van der Waals surface area contributed by atoms with Crippen molar-refractivity contribution in [1.82, 2.24) is 4.57 Å². The van der Waals surface area contributed by atoms with Gasteiger partial charge in [-0.1, -0.05) is 19.6 Å². The van der Waals surface area contributed by atoms with Gasteiger partial charge in [0.05, 0.1) is 11.3 Å². The van der Waals surface area contributed by atoms with Crippen LogP contribution in [0.2, 0.25) is 0 Å². The van der Waals surface area contributed by atoms with Crippen LogP contribution in [0.3, 0.4) is 0 Å². The Labute approximate surface area is 135 Å². The molecular formula is C18H22N2O3. The van der Waals surface area contributed by atoms with E-state index < -0.39 is 0 Å². The number of aryl methyl sites for hydroxylation is 1. The summed E-state index contributed by atoms with van der Waals surface area (Å²) in [7, 11) is 1.69. The van der Waals surface area contributed by atoms with Gasteiger partial charge < -0.3 is 19.8 Å². The lowest BCUT2D eigenvalue weighted by Crippen LogP contribution is -2.21. The van der Waals surface area contributed by atoms with E-state index >= 15 is 0 Å². The molecule has 1 aromatic carbocycles. The Morgan fingerprint density at radius 3 is 2.74 bits per heavy atom. The molecule has 0 spiro atoms. The molecule has 1 aromatic heterocycles. The highest BCUT2D eigenvalue weighted by Gasteiger charge is 2.19. The summed E-state index contributed by atoms with van der Waals surface area (Å²) in [5.41, 5.74) is 6.86. The van der Waals surface area contributed by atoms with Gasteiger partial charge in [0.2, 0.25) is 5.75 Å². The number of nitrogens with zero attached hydrogens (tertiary/aromatic N) is 1. The highest BCUT2D eigenvalue weighted by atomic mass is 16.5. The van der Waals surface area contributed by atoms with Crippen LogP contribution in [0.1, 0.15) is 20.3 Å². The molecule has 5 nitrogen and oxygen atoms in total. The molecule has 0 saturated carbocycles. The van der Waals surface area contributed by atoms with Crippen LogP contribution in [0, 0.1) is 0 Å². The monoisotopic (exact) mass is 314 g/mol. The minimum Gasteiger partial charge on any atom is -0.481 e. The van der Waals surface area contributed by atoms with Gasteiger partial charge in [0.1, 0.15) is 6.61 Å². The van der Waals surface area contributed by atoms with Gasteiger partial charge >= 0.3 is 0 Å². The standard InChI is InChI=1S/C18H22N2O3/c1-5-10-22-17-16(23-13(6-2)7-3)14-9-8-12(19)11-15(14)20(4)18(17)21/h5-6,8-9,11H,1,7,10,19H2,2-4H3. The third-order valence-electron chi connectivity index (χ3n) is 3.58. The van der Waals surface area contributed by atoms with Crippen molar-refractivity contribution in [2.75, 3.05) is 12.3 Å². The van der Waals surface area contributed by atoms with E-state index in [9.17, 15) is 4.79 Å². The molecule has 0 unspecified atom stereocenters. The first kappa shape index (κ1) is 16.7. The van der Waals surface area contributed by atoms with Gasteiger partial charge in [0, 0.05) is 24.5 Å². The van der Waals surface area contributed by atoms with Gasteiger partial charge in [-0.05, 0) is 31.2 Å². The minimum atomic E-state index is -0.272. The van der Waals surface area contributed by atoms with Gasteiger partial charge in [0.25, 0.3) is 5.56 Å². The largest absolute Gasteiger partial charge is 0.481 e. The predicted molar refractivity (Wildman–Crippen MR) is 94.0 cm³/mol. The first-order valence-electron chi connectivity index (χ1n) is 7.52. The van der Waals surface area contributed by atoms with Gasteiger partial charge in [-0.2, -0.15) is 0 Å². The summed E-state index contributed by atoms with van der Waals surface area (Å²) in [6, 6.07) is 5.36. The Morgan fingerprint density at radius 2 is 2.13 bits per heavy atom. The average molecular weight is 314 g/mol. The van der Waals surface area contributed by atoms with Crippen molar-refractivity contribution in [3.05, 3.63) is 53.0 Å². The summed E-state index contributed by atoms with van der Waals surface area (Å²) in [5, 5.41) is 0.771. The van der Waals surface area contributed by atoms with Crippen LogP contribution in [0.4, 0.5) is 5.69 Å². The Hall–Kier alpha value is -2.69. The van der Waals surface area contributed by atoms with Gasteiger partial charge in [-0.25, -0.2) is 0 Å². The number of rotatable bonds is 6. The van der Waals surface area contributed by atoms with Crippen molar-refractivity contribution in [1.29, 1.82) is 0 Å². The molecule has 0 aliphatic heterocycles. The molecule has 0 amide bonds. The van der Waals surface area contributed by atoms with Crippen molar-refractivity contribution in [3.8, 4) is 11.5 Å². The van der Waals surface area contributed by atoms with E-state index in [4.69, 9.17) is 15.2 Å². The topological polar surface area (TPSA) is 66.5 Å². The smallest absolute Gasteiger partial charge is 0.297 e. The molecule has 5 heteroatoms. The SMILES string of the molecule is C=CCOc1c(OC(=CC)CC)c2ccc(N)cc2n(C)c1=O. The fourth-order valence-corrected chi connectivity index (χ4v) is 2.34. The lowest BCUT2D eigenvalue weighted by Gasteiger charge is -2.17. The number of benzene rings is 1. The summed E-state index contributed by atoms with van der Waals surface area (Å²) in [4.78, 5) is 12.6. The molecule has 0 fully saturated rings. The van der Waals surface area contributed by atoms with Gasteiger partial charge in [0.15, 0.2) is 5.75 Å². The number of hydrogen-bond acceptors (Lipinski definition) is 4. The summed E-state index contributed by atoms with van der Waals surface area (Å²) < 4.78 is 13.1. The second kappa shape index (κ2) is 7.05. The van der Waals surface area contributed by atoms with E-state index in [1.807, 2.05) is 26.0 Å². The number of ether oxygens (including phenoxy) is 2. The number of fused-ring (bicyclic) bond motifs is 1. The van der Waals surface area contributed by atoms with Crippen molar-refractivity contribution in [2.45, 2.75) is 20.3 Å². The van der Waals surface area contributed by atoms with Crippen molar-refractivity contribution >= 4 is 16.6 Å². The number of aromatic nitrogens is 1. The van der Waals surface area contributed by atoms with E-state index in [-0.39, 0.29) is 17.9 Å². The van der Waals surface area contributed by atoms with Crippen LogP contribution in [-0.2, 0) is 7.05 Å². The van der Waals surface area contributed by atoms with Crippen LogP contribution in [-0.4, -0.2) is 11.2 Å². The average Bonchev–Trinajstić information content (AvgIpc) is 2.56. The summed E-state index contributed by atoms with van der Waals surface area (Å²) in [5.74, 6) is 1.36. The van der Waals surface area contributed by atoms with Crippen LogP contribution in [0.5, 0.6) is 11.5 Å². The zero-order valence-electron chi connectivity index (χ0n) is 13.8. The van der Waals surface area contributed by atoms with Gasteiger partial charge in [-0.15, -0.1) is 0 Å². The molecule has 0 bridgehead atoms. The van der Waals surface area contributed by atoms with Crippen LogP contribution in [0.25, 0.3) is 10.9 Å². The molecule has 0 radical (unpaired) electrons. The normalized spacial score (nSPS) is 11.5. The molecular weight excluding hydrogens is 292 g/mol. The quantitative estimate of drug-likeness (QED) is 0.504. The number of nitrogens with two attached hydrogens (primary N) is 1. The maximum absolute atomic E-state index is 12.6. The maximum Gasteiger partial charge on any atom is 0.297 e. The third-order valence-corrected chi connectivity index (χ3v) is 3.58. The second-order valence-electron chi connectivity index (χ2n) is 5.11. The number of nitrogen functional groups attached to an aromatic ring is 1. The summed E-state index contributed by atoms with van der Waals surface area (Å²) >= 11 is 0. The number of hydrogen-bond donors (Lipinski definition) is 1. The zero-order valence-corrected chi connectivity index (χ0v) is 13.8. The minimum absolute atomic E-state index is 0.178. The van der Waals surface area contributed by atoms with E-state index in [1.165, 1.54) is 4.57 Å². The molecule has 1 heterocycles. The highest BCUT2D eigenvalue weighted by Crippen LogP contribution is 2.35. The first-order chi connectivity index (χ1) is 11.0. The Morgan fingerprint density at radius 1 is 1.39 bits per heavy atom. The van der Waals surface area contributed by atoms with E-state index in [0.717, 1.165) is 11.1 Å². The molecule has 2 aromatic rings. The number of allylic oxidation sites excluding steroid dienone is 2. The summed E-state index contributed by atoms with van der Waals surface area (Å²) in [6.07, 6.45) is 4.17. The maximum atomic E-state index is 12.6. The van der Waals surface area contributed by atoms with Crippen molar-refractivity contribution in [2.24, 2.45) is 7.05 Å². The fraction of sp³-hybridized carbons (Fsp3) is 0.278. The molecule has 122 valence electrons. The highest BCUT2D eigenvalue weighted by molar-refractivity contribution is 5.90. The Bertz CT molecular complexity index is 819. The predicted octanol–water partition coefficient (Wildman–Crippen LogP) is 3.38. The van der Waals surface area contributed by atoms with E-state index in [1.54, 1.807) is 25.3 Å². The van der Waals surface area contributed by atoms with Crippen LogP contribution >= 0.6 is 0 Å². The number of anilines is 1. The van der Waals surface area contributed by atoms with Crippen molar-refractivity contribution in [3.63, 3.8) is 0 Å². The molecule has 0 aliphatic carbocycles. The molecule has 2 N–H and O–H groups in total. The van der Waals surface area contributed by atoms with E-state index in [2.05, 4.69) is 6.58 Å². The molecule has 2 rings (SSSR count). The Kier molecular flexibility index (Phi) is 5.11. The van der Waals surface area contributed by atoms with E-state index in [0.29, 0.717) is 23.4 Å². The fourth-order valence-electron chi connectivity index (χ4n) is 2.34. The second-order valence-corrected chi connectivity index (χ2v) is 5.11. The lowest BCUT2D eigenvalue weighted by atomic mass is 10.1. The number of pyridine rings is 1. The molecule has 0 aliphatic rings. The zero-order chi connectivity index (χ0) is 17.0. The summed E-state index contributed by atoms with van der Waals surface area (Å²) in [6.45, 7) is 7.73. The molecule has 0 saturated heterocycles. The molecule has 0 atom stereocenters. The van der Waals surface area contributed by atoms with Crippen LogP contribution < -0.4 is 20.8 Å². The third kappa shape index (κ3) is 3.23. The van der Waals surface area contributed by atoms with Crippen molar-refractivity contribution < 1.29 is 9.47 Å². The Balaban J connectivity index is 2.79.